The molecule has 0 radical (unpaired) electrons. The van der Waals surface area contributed by atoms with Crippen molar-refractivity contribution < 1.29 is 0 Å². The zero-order chi connectivity index (χ0) is 7.73. The maximum Gasteiger partial charge on any atom is 0.148 e. The van der Waals surface area contributed by atoms with Crippen LogP contribution in [0.1, 0.15) is 18.7 Å². The quantitative estimate of drug-likeness (QED) is 0.593. The maximum atomic E-state index is 8.78. The van der Waals surface area contributed by atoms with E-state index in [0.29, 0.717) is 5.82 Å². The van der Waals surface area contributed by atoms with Gasteiger partial charge < -0.3 is 0 Å². The van der Waals surface area contributed by atoms with Gasteiger partial charge in [0.25, 0.3) is 0 Å². The summed E-state index contributed by atoms with van der Waals surface area (Å²) >= 11 is 0. The van der Waals surface area contributed by atoms with Crippen LogP contribution < -0.4 is 0 Å². The Morgan fingerprint density at radius 3 is 2.45 bits per heavy atom. The molecule has 0 unspecified atom stereocenters. The first-order valence-corrected chi connectivity index (χ1v) is 3.56. The van der Waals surface area contributed by atoms with Gasteiger partial charge in [0.05, 0.1) is 6.07 Å². The number of hydrogen-bond acceptors (Lipinski definition) is 3. The minimum Gasteiger partial charge on any atom is -0.240 e. The third kappa shape index (κ3) is 0.874. The van der Waals surface area contributed by atoms with Gasteiger partial charge in [-0.3, -0.25) is 0 Å². The second-order valence-corrected chi connectivity index (χ2v) is 2.77. The van der Waals surface area contributed by atoms with Crippen LogP contribution in [0.3, 0.4) is 0 Å². The Bertz CT molecular complexity index is 295. The van der Waals surface area contributed by atoms with Crippen molar-refractivity contribution in [2.45, 2.75) is 18.3 Å². The fourth-order valence-electron chi connectivity index (χ4n) is 1.06. The molecule has 3 heteroatoms. The molecular weight excluding hydrogens is 138 g/mol. The molecule has 1 saturated carbocycles. The van der Waals surface area contributed by atoms with Gasteiger partial charge in [-0.2, -0.15) is 5.26 Å². The van der Waals surface area contributed by atoms with Gasteiger partial charge in [0.15, 0.2) is 0 Å². The lowest BCUT2D eigenvalue weighted by molar-refractivity contribution is 0.796. The van der Waals surface area contributed by atoms with Crippen LogP contribution >= 0.6 is 0 Å². The molecule has 0 bridgehead atoms. The highest BCUT2D eigenvalue weighted by atomic mass is 14.9. The minimum absolute atomic E-state index is 0.332. The molecule has 0 saturated heterocycles. The van der Waals surface area contributed by atoms with Crippen LogP contribution in [-0.2, 0) is 5.41 Å². The Hall–Kier alpha value is -1.43. The van der Waals surface area contributed by atoms with Crippen LogP contribution in [0.2, 0.25) is 0 Å². The highest BCUT2D eigenvalue weighted by Gasteiger charge is 2.47. The van der Waals surface area contributed by atoms with Crippen LogP contribution in [0.15, 0.2) is 18.5 Å². The van der Waals surface area contributed by atoms with E-state index in [2.05, 4.69) is 16.0 Å². The lowest BCUT2D eigenvalue weighted by atomic mass is 10.1. The first-order chi connectivity index (χ1) is 5.37. The summed E-state index contributed by atoms with van der Waals surface area (Å²) in [7, 11) is 0. The summed E-state index contributed by atoms with van der Waals surface area (Å²) in [6, 6.07) is 4.00. The van der Waals surface area contributed by atoms with Gasteiger partial charge in [-0.15, -0.1) is 0 Å². The highest BCUT2D eigenvalue weighted by molar-refractivity contribution is 5.28. The molecule has 0 spiro atoms. The van der Waals surface area contributed by atoms with Crippen LogP contribution in [-0.4, -0.2) is 9.97 Å². The molecule has 11 heavy (non-hydrogen) atoms. The summed E-state index contributed by atoms with van der Waals surface area (Å²) in [5.41, 5.74) is -0.332. The third-order valence-corrected chi connectivity index (χ3v) is 1.96. The largest absolute Gasteiger partial charge is 0.240 e. The molecule has 3 nitrogen and oxygen atoms in total. The van der Waals surface area contributed by atoms with Crippen LogP contribution in [0.4, 0.5) is 0 Å². The maximum absolute atomic E-state index is 8.78. The van der Waals surface area contributed by atoms with E-state index in [4.69, 9.17) is 5.26 Å². The lowest BCUT2D eigenvalue weighted by Crippen LogP contribution is -2.07. The van der Waals surface area contributed by atoms with Crippen LogP contribution in [0, 0.1) is 11.3 Å². The second kappa shape index (κ2) is 2.03. The van der Waals surface area contributed by atoms with Crippen molar-refractivity contribution in [3.63, 3.8) is 0 Å². The smallest absolute Gasteiger partial charge is 0.148 e. The Morgan fingerprint density at radius 2 is 2.00 bits per heavy atom. The Balaban J connectivity index is 2.39. The SMILES string of the molecule is N#CC1(c2ncccn2)CC1. The van der Waals surface area contributed by atoms with Gasteiger partial charge in [-0.05, 0) is 18.9 Å². The van der Waals surface area contributed by atoms with Crippen LogP contribution in [0.5, 0.6) is 0 Å². The molecule has 1 aliphatic rings. The fraction of sp³-hybridized carbons (Fsp3) is 0.375. The van der Waals surface area contributed by atoms with Crippen molar-refractivity contribution in [2.24, 2.45) is 0 Å². The van der Waals surface area contributed by atoms with Gasteiger partial charge >= 0.3 is 0 Å². The first kappa shape index (κ1) is 6.29. The number of hydrogen-bond donors (Lipinski definition) is 0. The number of nitriles is 1. The Kier molecular flexibility index (Phi) is 1.16. The van der Waals surface area contributed by atoms with Crippen LogP contribution in [0.25, 0.3) is 0 Å². The third-order valence-electron chi connectivity index (χ3n) is 1.96. The highest BCUT2D eigenvalue weighted by Crippen LogP contribution is 2.45. The molecule has 1 aromatic heterocycles. The van der Waals surface area contributed by atoms with Crippen molar-refractivity contribution in [3.8, 4) is 6.07 Å². The van der Waals surface area contributed by atoms with Gasteiger partial charge in [0, 0.05) is 12.4 Å². The normalized spacial score (nSPS) is 18.8. The molecule has 54 valence electrons. The average molecular weight is 145 g/mol. The second-order valence-electron chi connectivity index (χ2n) is 2.77. The summed E-state index contributed by atoms with van der Waals surface area (Å²) in [5, 5.41) is 8.78. The molecule has 0 aliphatic heterocycles. The average Bonchev–Trinajstić information content (AvgIpc) is 2.86. The van der Waals surface area contributed by atoms with Gasteiger partial charge in [-0.1, -0.05) is 0 Å². The summed E-state index contributed by atoms with van der Waals surface area (Å²) < 4.78 is 0. The van der Waals surface area contributed by atoms with Gasteiger partial charge in [-0.25, -0.2) is 9.97 Å². The molecule has 1 fully saturated rings. The molecule has 0 amide bonds. The molecule has 1 aliphatic carbocycles. The summed E-state index contributed by atoms with van der Waals surface area (Å²) in [4.78, 5) is 8.10. The van der Waals surface area contributed by atoms with E-state index < -0.39 is 0 Å². The predicted octanol–water partition coefficient (Wildman–Crippen LogP) is 1.03. The van der Waals surface area contributed by atoms with E-state index in [1.165, 1.54) is 0 Å². The monoisotopic (exact) mass is 145 g/mol. The summed E-state index contributed by atoms with van der Waals surface area (Å²) in [6.07, 6.45) is 5.18. The van der Waals surface area contributed by atoms with E-state index in [9.17, 15) is 0 Å². The van der Waals surface area contributed by atoms with E-state index in [1.807, 2.05) is 0 Å². The molecule has 1 heterocycles. The number of nitrogens with zero attached hydrogens (tertiary/aromatic N) is 3. The van der Waals surface area contributed by atoms with Gasteiger partial charge in [0.1, 0.15) is 11.2 Å². The number of aromatic nitrogens is 2. The van der Waals surface area contributed by atoms with E-state index in [0.717, 1.165) is 12.8 Å². The topological polar surface area (TPSA) is 49.6 Å². The zero-order valence-electron chi connectivity index (χ0n) is 5.99. The Morgan fingerprint density at radius 1 is 1.36 bits per heavy atom. The van der Waals surface area contributed by atoms with E-state index in [1.54, 1.807) is 18.5 Å². The Labute approximate surface area is 64.7 Å². The number of rotatable bonds is 1. The molecule has 0 atom stereocenters. The van der Waals surface area contributed by atoms with Crippen molar-refractivity contribution in [2.75, 3.05) is 0 Å². The molecule has 0 N–H and O–H groups in total. The van der Waals surface area contributed by atoms with Crippen molar-refractivity contribution in [3.05, 3.63) is 24.3 Å². The van der Waals surface area contributed by atoms with E-state index >= 15 is 0 Å². The van der Waals surface area contributed by atoms with Crippen molar-refractivity contribution >= 4 is 0 Å². The summed E-state index contributed by atoms with van der Waals surface area (Å²) in [5.74, 6) is 0.683. The van der Waals surface area contributed by atoms with E-state index in [-0.39, 0.29) is 5.41 Å². The standard InChI is InChI=1S/C8H7N3/c9-6-8(2-3-8)7-10-4-1-5-11-7/h1,4-5H,2-3H2. The molecule has 1 aromatic rings. The molecule has 2 rings (SSSR count). The van der Waals surface area contributed by atoms with Crippen molar-refractivity contribution in [1.29, 1.82) is 5.26 Å². The fourth-order valence-corrected chi connectivity index (χ4v) is 1.06. The van der Waals surface area contributed by atoms with Gasteiger partial charge in [0.2, 0.25) is 0 Å². The minimum atomic E-state index is -0.332. The zero-order valence-corrected chi connectivity index (χ0v) is 5.99. The van der Waals surface area contributed by atoms with Crippen molar-refractivity contribution in [1.82, 2.24) is 9.97 Å². The lowest BCUT2D eigenvalue weighted by Gasteiger charge is -2.00. The predicted molar refractivity (Wildman–Crippen MR) is 38.6 cm³/mol. The molecule has 0 aromatic carbocycles. The first-order valence-electron chi connectivity index (χ1n) is 3.56. The summed E-state index contributed by atoms with van der Waals surface area (Å²) in [6.45, 7) is 0. The molecular formula is C8H7N3.